The van der Waals surface area contributed by atoms with Gasteiger partial charge in [0.2, 0.25) is 0 Å². The number of para-hydroxylation sites is 1. The van der Waals surface area contributed by atoms with E-state index in [1.165, 1.54) is 11.1 Å². The van der Waals surface area contributed by atoms with Gasteiger partial charge in [0, 0.05) is 30.7 Å². The number of imidazole rings is 1. The molecule has 0 aliphatic heterocycles. The highest BCUT2D eigenvalue weighted by atomic mass is 16.3. The Hall–Kier alpha value is -3.75. The van der Waals surface area contributed by atoms with Crippen LogP contribution in [0.1, 0.15) is 36.1 Å². The van der Waals surface area contributed by atoms with Gasteiger partial charge in [-0.15, -0.1) is 0 Å². The van der Waals surface area contributed by atoms with Crippen molar-refractivity contribution in [2.75, 3.05) is 5.32 Å². The molecule has 160 valence electrons. The van der Waals surface area contributed by atoms with Crippen molar-refractivity contribution >= 4 is 18.8 Å². The van der Waals surface area contributed by atoms with Gasteiger partial charge in [-0.3, -0.25) is 9.59 Å². The lowest BCUT2D eigenvalue weighted by molar-refractivity contribution is -0.123. The first-order valence-corrected chi connectivity index (χ1v) is 9.32. The van der Waals surface area contributed by atoms with E-state index in [9.17, 15) is 0 Å². The summed E-state index contributed by atoms with van der Waals surface area (Å²) in [6, 6.07) is 8.36. The van der Waals surface area contributed by atoms with Crippen molar-refractivity contribution in [1.82, 2.24) is 19.5 Å². The van der Waals surface area contributed by atoms with Gasteiger partial charge >= 0.3 is 0 Å². The maximum absolute atomic E-state index is 8.36. The second-order valence-corrected chi connectivity index (χ2v) is 6.08. The van der Waals surface area contributed by atoms with Gasteiger partial charge in [-0.2, -0.15) is 0 Å². The van der Waals surface area contributed by atoms with E-state index < -0.39 is 0 Å². The van der Waals surface area contributed by atoms with Gasteiger partial charge in [0.1, 0.15) is 17.5 Å². The Kier molecular flexibility index (Phi) is 10.9. The Morgan fingerprint density at radius 1 is 1.07 bits per heavy atom. The first kappa shape index (κ1) is 24.3. The number of aryl methyl sites for hydroxylation is 3. The quantitative estimate of drug-likeness (QED) is 0.525. The van der Waals surface area contributed by atoms with Crippen LogP contribution >= 0.6 is 0 Å². The number of hydrogen-bond donors (Lipinski definition) is 3. The lowest BCUT2D eigenvalue weighted by Gasteiger charge is -2.15. The molecule has 1 aromatic carbocycles. The minimum absolute atomic E-state index is 0.250. The Morgan fingerprint density at radius 3 is 2.33 bits per heavy atom. The van der Waals surface area contributed by atoms with E-state index in [0.717, 1.165) is 36.0 Å². The molecule has 0 fully saturated rings. The second kappa shape index (κ2) is 13.4. The van der Waals surface area contributed by atoms with E-state index in [0.29, 0.717) is 6.54 Å². The second-order valence-electron chi connectivity index (χ2n) is 6.08. The van der Waals surface area contributed by atoms with Gasteiger partial charge in [0.25, 0.3) is 12.9 Å². The van der Waals surface area contributed by atoms with Crippen molar-refractivity contribution in [2.45, 2.75) is 40.2 Å². The van der Waals surface area contributed by atoms with Crippen LogP contribution in [0.15, 0.2) is 42.9 Å². The third kappa shape index (κ3) is 7.34. The van der Waals surface area contributed by atoms with Crippen LogP contribution in [0.4, 0.5) is 5.82 Å². The molecule has 0 saturated heterocycles. The van der Waals surface area contributed by atoms with Gasteiger partial charge in [-0.25, -0.2) is 15.0 Å². The van der Waals surface area contributed by atoms with Crippen LogP contribution < -0.4 is 5.32 Å². The van der Waals surface area contributed by atoms with E-state index in [4.69, 9.17) is 19.8 Å². The minimum atomic E-state index is -0.250. The van der Waals surface area contributed by atoms with Gasteiger partial charge in [-0.1, -0.05) is 31.5 Å². The maximum atomic E-state index is 8.36. The summed E-state index contributed by atoms with van der Waals surface area (Å²) in [6.07, 6.45) is 7.80. The first-order chi connectivity index (χ1) is 14.5. The molecule has 0 bridgehead atoms. The van der Waals surface area contributed by atoms with Crippen LogP contribution in [-0.2, 0) is 22.6 Å². The molecule has 2 aromatic heterocycles. The highest BCUT2D eigenvalue weighted by Gasteiger charge is 2.09. The third-order valence-corrected chi connectivity index (χ3v) is 4.03. The van der Waals surface area contributed by atoms with E-state index in [-0.39, 0.29) is 12.9 Å². The molecule has 9 nitrogen and oxygen atoms in total. The zero-order valence-electron chi connectivity index (χ0n) is 17.3. The van der Waals surface area contributed by atoms with E-state index >= 15 is 0 Å². The molecule has 30 heavy (non-hydrogen) atoms. The molecule has 0 amide bonds. The molecule has 9 heteroatoms. The molecule has 0 spiro atoms. The molecule has 2 heterocycles. The molecule has 0 aliphatic rings. The number of aromatic nitrogens is 4. The Labute approximate surface area is 175 Å². The molecule has 3 N–H and O–H groups in total. The zero-order chi connectivity index (χ0) is 22.4. The lowest BCUT2D eigenvalue weighted by atomic mass is 10.1. The number of rotatable bonds is 6. The topological polar surface area (TPSA) is 130 Å². The molecule has 0 aliphatic carbocycles. The minimum Gasteiger partial charge on any atom is -0.483 e. The molecule has 0 saturated carbocycles. The fourth-order valence-electron chi connectivity index (χ4n) is 2.81. The number of nitrogens with one attached hydrogen (secondary N) is 1. The summed E-state index contributed by atoms with van der Waals surface area (Å²) in [4.78, 5) is 29.9. The fraction of sp³-hybridized carbons (Fsp3) is 0.286. The van der Waals surface area contributed by atoms with Crippen LogP contribution in [0.25, 0.3) is 5.69 Å². The number of carboxylic acid groups (broad SMARTS) is 2. The smallest absolute Gasteiger partial charge is 0.290 e. The van der Waals surface area contributed by atoms with Gasteiger partial charge in [0.05, 0.1) is 5.69 Å². The molecular formula is C21H27N5O4. The van der Waals surface area contributed by atoms with E-state index in [1.807, 2.05) is 32.4 Å². The molecule has 3 rings (SSSR count). The molecule has 0 radical (unpaired) electrons. The standard InChI is InChI=1S/C19H23N5.2CH2O2/c1-4-7-17-13-21-14(2)23-19(17)22-12-16-8-5-6-9-18(16)24-11-10-20-15(24)3;2*2-1-3/h5-6,8-11,13H,4,7,12H2,1-3H3,(H,21,22,23);2*1H,(H,2,3). The van der Waals surface area contributed by atoms with Gasteiger partial charge in [0.15, 0.2) is 0 Å². The average molecular weight is 413 g/mol. The molecule has 0 atom stereocenters. The first-order valence-electron chi connectivity index (χ1n) is 9.32. The van der Waals surface area contributed by atoms with Crippen LogP contribution in [0, 0.1) is 13.8 Å². The average Bonchev–Trinajstić information content (AvgIpc) is 3.15. The summed E-state index contributed by atoms with van der Waals surface area (Å²) in [5.41, 5.74) is 3.51. The fourth-order valence-corrected chi connectivity index (χ4v) is 2.81. The Morgan fingerprint density at radius 2 is 1.73 bits per heavy atom. The predicted octanol–water partition coefficient (Wildman–Crippen LogP) is 3.25. The van der Waals surface area contributed by atoms with Crippen LogP contribution in [-0.4, -0.2) is 42.7 Å². The number of carbonyl (C=O) groups is 2. The van der Waals surface area contributed by atoms with Crippen LogP contribution in [0.5, 0.6) is 0 Å². The summed E-state index contributed by atoms with van der Waals surface area (Å²) in [5, 5.41) is 17.3. The largest absolute Gasteiger partial charge is 0.483 e. The molecule has 3 aromatic rings. The van der Waals surface area contributed by atoms with Gasteiger partial charge in [-0.05, 0) is 31.9 Å². The van der Waals surface area contributed by atoms with Gasteiger partial charge < -0.3 is 20.1 Å². The number of anilines is 1. The monoisotopic (exact) mass is 413 g/mol. The number of nitrogens with zero attached hydrogens (tertiary/aromatic N) is 4. The SMILES string of the molecule is CCCc1cnc(C)nc1NCc1ccccc1-n1ccnc1C.O=CO.O=CO. The van der Waals surface area contributed by atoms with Crippen molar-refractivity contribution in [1.29, 1.82) is 0 Å². The van der Waals surface area contributed by atoms with Crippen molar-refractivity contribution in [3.63, 3.8) is 0 Å². The maximum Gasteiger partial charge on any atom is 0.290 e. The molecular weight excluding hydrogens is 386 g/mol. The highest BCUT2D eigenvalue weighted by molar-refractivity contribution is 5.47. The summed E-state index contributed by atoms with van der Waals surface area (Å²) in [7, 11) is 0. The number of benzene rings is 1. The van der Waals surface area contributed by atoms with Crippen LogP contribution in [0.2, 0.25) is 0 Å². The third-order valence-electron chi connectivity index (χ3n) is 4.03. The number of hydrogen-bond acceptors (Lipinski definition) is 6. The highest BCUT2D eigenvalue weighted by Crippen LogP contribution is 2.19. The summed E-state index contributed by atoms with van der Waals surface area (Å²) in [5.74, 6) is 2.70. The molecule has 0 unspecified atom stereocenters. The van der Waals surface area contributed by atoms with Crippen molar-refractivity contribution in [2.24, 2.45) is 0 Å². The van der Waals surface area contributed by atoms with Crippen molar-refractivity contribution in [3.05, 3.63) is 65.6 Å². The van der Waals surface area contributed by atoms with Crippen LogP contribution in [0.3, 0.4) is 0 Å². The zero-order valence-corrected chi connectivity index (χ0v) is 17.3. The summed E-state index contributed by atoms with van der Waals surface area (Å²) >= 11 is 0. The lowest BCUT2D eigenvalue weighted by Crippen LogP contribution is -2.09. The normalized spacial score (nSPS) is 9.43. The summed E-state index contributed by atoms with van der Waals surface area (Å²) in [6.45, 7) is 6.31. The van der Waals surface area contributed by atoms with Crippen molar-refractivity contribution in [3.8, 4) is 5.69 Å². The summed E-state index contributed by atoms with van der Waals surface area (Å²) < 4.78 is 2.11. The Bertz CT molecular complexity index is 921. The predicted molar refractivity (Wildman–Crippen MR) is 114 cm³/mol. The Balaban J connectivity index is 0.000000672. The van der Waals surface area contributed by atoms with E-state index in [1.54, 1.807) is 0 Å². The van der Waals surface area contributed by atoms with Crippen molar-refractivity contribution < 1.29 is 19.8 Å². The van der Waals surface area contributed by atoms with E-state index in [2.05, 4.69) is 56.0 Å².